The highest BCUT2D eigenvalue weighted by Gasteiger charge is 2.40. The van der Waals surface area contributed by atoms with Gasteiger partial charge in [-0.1, -0.05) is 24.3 Å². The van der Waals surface area contributed by atoms with Gasteiger partial charge in [0, 0.05) is 5.56 Å². The lowest BCUT2D eigenvalue weighted by Gasteiger charge is -2.37. The molecule has 1 N–H and O–H groups in total. The number of phenols is 1. The Labute approximate surface area is 105 Å². The fourth-order valence-electron chi connectivity index (χ4n) is 2.64. The van der Waals surface area contributed by atoms with E-state index < -0.39 is 5.54 Å². The SMILES string of the molecule is O=C=NC1(c2cc3ccccc3cc2O)CCC1. The number of isocyanates is 1. The Morgan fingerprint density at radius 1 is 1.17 bits per heavy atom. The zero-order chi connectivity index (χ0) is 12.6. The Morgan fingerprint density at radius 3 is 2.39 bits per heavy atom. The number of carbonyl (C=O) groups excluding carboxylic acids is 1. The quantitative estimate of drug-likeness (QED) is 0.646. The molecule has 0 aliphatic heterocycles. The van der Waals surface area contributed by atoms with E-state index in [0.717, 1.165) is 35.6 Å². The van der Waals surface area contributed by atoms with Crippen molar-refractivity contribution in [2.75, 3.05) is 0 Å². The maximum absolute atomic E-state index is 10.6. The van der Waals surface area contributed by atoms with Crippen molar-refractivity contribution in [3.8, 4) is 5.75 Å². The fraction of sp³-hybridized carbons (Fsp3) is 0.267. The van der Waals surface area contributed by atoms with Gasteiger partial charge in [0.05, 0.1) is 0 Å². The Hall–Kier alpha value is -2.12. The number of fused-ring (bicyclic) bond motifs is 1. The summed E-state index contributed by atoms with van der Waals surface area (Å²) in [6.07, 6.45) is 4.27. The molecule has 2 aromatic rings. The molecule has 3 heteroatoms. The third-order valence-electron chi connectivity index (χ3n) is 3.81. The van der Waals surface area contributed by atoms with Crippen LogP contribution in [0.2, 0.25) is 0 Å². The molecule has 0 heterocycles. The van der Waals surface area contributed by atoms with E-state index in [0.29, 0.717) is 0 Å². The van der Waals surface area contributed by atoms with Gasteiger partial charge in [-0.15, -0.1) is 0 Å². The van der Waals surface area contributed by atoms with Gasteiger partial charge in [0.1, 0.15) is 11.3 Å². The van der Waals surface area contributed by atoms with E-state index in [-0.39, 0.29) is 5.75 Å². The van der Waals surface area contributed by atoms with E-state index in [4.69, 9.17) is 0 Å². The van der Waals surface area contributed by atoms with Crippen LogP contribution in [0.25, 0.3) is 10.8 Å². The van der Waals surface area contributed by atoms with E-state index in [9.17, 15) is 9.90 Å². The van der Waals surface area contributed by atoms with Crippen molar-refractivity contribution in [2.24, 2.45) is 4.99 Å². The van der Waals surface area contributed by atoms with E-state index in [1.54, 1.807) is 12.1 Å². The number of aromatic hydroxyl groups is 1. The second-order valence-corrected chi connectivity index (χ2v) is 4.80. The maximum atomic E-state index is 10.6. The molecular weight excluding hydrogens is 226 g/mol. The summed E-state index contributed by atoms with van der Waals surface area (Å²) in [5.74, 6) is 0.215. The summed E-state index contributed by atoms with van der Waals surface area (Å²) < 4.78 is 0. The predicted octanol–water partition coefficient (Wildman–Crippen LogP) is 3.26. The molecule has 0 aromatic heterocycles. The number of phenolic OH excluding ortho intramolecular Hbond substituents is 1. The van der Waals surface area contributed by atoms with Crippen LogP contribution in [0, 0.1) is 0 Å². The first-order valence-electron chi connectivity index (χ1n) is 6.06. The Kier molecular flexibility index (Phi) is 2.42. The molecule has 90 valence electrons. The number of hydrogen-bond acceptors (Lipinski definition) is 3. The van der Waals surface area contributed by atoms with Crippen LogP contribution < -0.4 is 0 Å². The zero-order valence-corrected chi connectivity index (χ0v) is 9.89. The molecule has 0 unspecified atom stereocenters. The van der Waals surface area contributed by atoms with Crippen molar-refractivity contribution in [3.05, 3.63) is 42.0 Å². The standard InChI is InChI=1S/C15H13NO2/c17-10-16-15(6-3-7-15)13-8-11-4-1-2-5-12(11)9-14(13)18/h1-2,4-5,8-9,18H,3,6-7H2. The summed E-state index contributed by atoms with van der Waals surface area (Å²) in [5.41, 5.74) is 0.200. The van der Waals surface area contributed by atoms with Gasteiger partial charge in [0.15, 0.2) is 0 Å². The Morgan fingerprint density at radius 2 is 1.83 bits per heavy atom. The number of benzene rings is 2. The lowest BCUT2D eigenvalue weighted by Crippen LogP contribution is -2.31. The lowest BCUT2D eigenvalue weighted by molar-refractivity contribution is 0.248. The minimum Gasteiger partial charge on any atom is -0.508 e. The van der Waals surface area contributed by atoms with Crippen LogP contribution in [0.15, 0.2) is 41.4 Å². The highest BCUT2D eigenvalue weighted by molar-refractivity contribution is 5.85. The second kappa shape index (κ2) is 3.97. The first-order chi connectivity index (χ1) is 8.75. The van der Waals surface area contributed by atoms with Crippen LogP contribution in [0.3, 0.4) is 0 Å². The third kappa shape index (κ3) is 1.52. The average molecular weight is 239 g/mol. The summed E-state index contributed by atoms with van der Waals surface area (Å²) >= 11 is 0. The molecule has 0 saturated heterocycles. The monoisotopic (exact) mass is 239 g/mol. The zero-order valence-electron chi connectivity index (χ0n) is 9.89. The van der Waals surface area contributed by atoms with Gasteiger partial charge in [-0.05, 0) is 42.2 Å². The molecule has 0 bridgehead atoms. The van der Waals surface area contributed by atoms with Gasteiger partial charge < -0.3 is 5.11 Å². The van der Waals surface area contributed by atoms with Crippen LogP contribution in [0.4, 0.5) is 0 Å². The first-order valence-corrected chi connectivity index (χ1v) is 6.06. The number of aliphatic imine (C=N–C) groups is 1. The molecule has 1 aliphatic carbocycles. The molecule has 3 nitrogen and oxygen atoms in total. The molecule has 2 aromatic carbocycles. The van der Waals surface area contributed by atoms with E-state index >= 15 is 0 Å². The normalized spacial score (nSPS) is 16.9. The number of hydrogen-bond donors (Lipinski definition) is 1. The predicted molar refractivity (Wildman–Crippen MR) is 69.3 cm³/mol. The largest absolute Gasteiger partial charge is 0.508 e. The molecule has 0 atom stereocenters. The van der Waals surface area contributed by atoms with Crippen molar-refractivity contribution in [2.45, 2.75) is 24.8 Å². The summed E-state index contributed by atoms with van der Waals surface area (Å²) in [6, 6.07) is 11.5. The molecule has 1 aliphatic rings. The summed E-state index contributed by atoms with van der Waals surface area (Å²) in [7, 11) is 0. The first kappa shape index (κ1) is 11.0. The fourth-order valence-corrected chi connectivity index (χ4v) is 2.64. The molecule has 1 saturated carbocycles. The van der Waals surface area contributed by atoms with E-state index in [1.807, 2.05) is 30.3 Å². The maximum Gasteiger partial charge on any atom is 0.235 e. The summed E-state index contributed by atoms with van der Waals surface area (Å²) in [6.45, 7) is 0. The Balaban J connectivity index is 2.22. The van der Waals surface area contributed by atoms with Crippen LogP contribution in [0.1, 0.15) is 24.8 Å². The van der Waals surface area contributed by atoms with Crippen molar-refractivity contribution in [3.63, 3.8) is 0 Å². The van der Waals surface area contributed by atoms with Gasteiger partial charge in [0.25, 0.3) is 0 Å². The minimum atomic E-state index is -0.546. The molecule has 0 radical (unpaired) electrons. The molecule has 1 fully saturated rings. The van der Waals surface area contributed by atoms with Gasteiger partial charge in [0.2, 0.25) is 6.08 Å². The van der Waals surface area contributed by atoms with E-state index in [1.165, 1.54) is 0 Å². The van der Waals surface area contributed by atoms with Crippen molar-refractivity contribution in [1.29, 1.82) is 0 Å². The van der Waals surface area contributed by atoms with Crippen LogP contribution in [0.5, 0.6) is 5.75 Å². The van der Waals surface area contributed by atoms with Gasteiger partial charge in [-0.2, -0.15) is 4.99 Å². The van der Waals surface area contributed by atoms with Crippen LogP contribution in [-0.4, -0.2) is 11.2 Å². The summed E-state index contributed by atoms with van der Waals surface area (Å²) in [4.78, 5) is 14.5. The summed E-state index contributed by atoms with van der Waals surface area (Å²) in [5, 5.41) is 12.2. The topological polar surface area (TPSA) is 49.7 Å². The third-order valence-corrected chi connectivity index (χ3v) is 3.81. The average Bonchev–Trinajstić information content (AvgIpc) is 2.33. The van der Waals surface area contributed by atoms with Gasteiger partial charge >= 0.3 is 0 Å². The van der Waals surface area contributed by atoms with Crippen molar-refractivity contribution in [1.82, 2.24) is 0 Å². The lowest BCUT2D eigenvalue weighted by atomic mass is 9.71. The molecule has 0 amide bonds. The van der Waals surface area contributed by atoms with Gasteiger partial charge in [-0.25, -0.2) is 4.79 Å². The molecule has 18 heavy (non-hydrogen) atoms. The molecule has 0 spiro atoms. The van der Waals surface area contributed by atoms with Crippen molar-refractivity contribution < 1.29 is 9.90 Å². The van der Waals surface area contributed by atoms with Crippen molar-refractivity contribution >= 4 is 16.9 Å². The Bertz CT molecular complexity index is 653. The van der Waals surface area contributed by atoms with E-state index in [2.05, 4.69) is 4.99 Å². The highest BCUT2D eigenvalue weighted by atomic mass is 16.3. The smallest absolute Gasteiger partial charge is 0.235 e. The second-order valence-electron chi connectivity index (χ2n) is 4.80. The highest BCUT2D eigenvalue weighted by Crippen LogP contribution is 2.48. The van der Waals surface area contributed by atoms with Crippen LogP contribution in [-0.2, 0) is 10.3 Å². The molecular formula is C15H13NO2. The molecule has 3 rings (SSSR count). The van der Waals surface area contributed by atoms with Gasteiger partial charge in [-0.3, -0.25) is 0 Å². The number of nitrogens with zero attached hydrogens (tertiary/aromatic N) is 1. The minimum absolute atomic E-state index is 0.215. The number of rotatable bonds is 2. The van der Waals surface area contributed by atoms with Crippen LogP contribution >= 0.6 is 0 Å².